The van der Waals surface area contributed by atoms with Gasteiger partial charge in [-0.25, -0.2) is 0 Å². The zero-order valence-electron chi connectivity index (χ0n) is 14.6. The molecular weight excluding hydrogens is 382 g/mol. The molecule has 0 spiro atoms. The maximum Gasteiger partial charge on any atom is 0.287 e. The van der Waals surface area contributed by atoms with Crippen molar-refractivity contribution in [1.29, 1.82) is 0 Å². The maximum absolute atomic E-state index is 12.8. The Morgan fingerprint density at radius 3 is 2.46 bits per heavy atom. The SMILES string of the molecule is NC(=O)C(=O)C(Cc1ccccc1)NC(=O)c1n[nH]c(Cl)c1-c1ccccn1. The fourth-order valence-electron chi connectivity index (χ4n) is 2.69. The summed E-state index contributed by atoms with van der Waals surface area (Å²) in [5.41, 5.74) is 6.58. The molecule has 1 aromatic carbocycles. The Morgan fingerprint density at radius 1 is 1.11 bits per heavy atom. The molecule has 142 valence electrons. The van der Waals surface area contributed by atoms with Crippen LogP contribution in [-0.4, -0.2) is 38.8 Å². The van der Waals surface area contributed by atoms with Crippen LogP contribution in [0.4, 0.5) is 0 Å². The van der Waals surface area contributed by atoms with Crippen molar-refractivity contribution in [3.05, 3.63) is 71.1 Å². The number of nitrogens with one attached hydrogen (secondary N) is 2. The average Bonchev–Trinajstić information content (AvgIpc) is 3.09. The lowest BCUT2D eigenvalue weighted by Gasteiger charge is -2.16. The number of hydrogen-bond donors (Lipinski definition) is 3. The van der Waals surface area contributed by atoms with E-state index in [-0.39, 0.29) is 17.3 Å². The Hall–Kier alpha value is -3.52. The zero-order valence-corrected chi connectivity index (χ0v) is 15.3. The van der Waals surface area contributed by atoms with E-state index in [1.165, 1.54) is 0 Å². The predicted octanol–water partition coefficient (Wildman–Crippen LogP) is 1.52. The van der Waals surface area contributed by atoms with Gasteiger partial charge in [-0.15, -0.1) is 0 Å². The van der Waals surface area contributed by atoms with E-state index in [0.29, 0.717) is 11.3 Å². The van der Waals surface area contributed by atoms with E-state index in [0.717, 1.165) is 5.56 Å². The zero-order chi connectivity index (χ0) is 20.1. The number of benzene rings is 1. The molecule has 0 aliphatic rings. The van der Waals surface area contributed by atoms with Gasteiger partial charge >= 0.3 is 0 Å². The number of pyridine rings is 1. The molecule has 0 fully saturated rings. The van der Waals surface area contributed by atoms with Crippen LogP contribution in [0, 0.1) is 0 Å². The summed E-state index contributed by atoms with van der Waals surface area (Å²) in [6.07, 6.45) is 1.65. The third-order valence-corrected chi connectivity index (χ3v) is 4.28. The number of ketones is 1. The van der Waals surface area contributed by atoms with Crippen LogP contribution in [0.15, 0.2) is 54.7 Å². The summed E-state index contributed by atoms with van der Waals surface area (Å²) in [5.74, 6) is -2.72. The van der Waals surface area contributed by atoms with E-state index in [9.17, 15) is 14.4 Å². The first-order chi connectivity index (χ1) is 13.5. The van der Waals surface area contributed by atoms with E-state index in [1.807, 2.05) is 6.07 Å². The van der Waals surface area contributed by atoms with Gasteiger partial charge in [0.05, 0.1) is 11.3 Å². The molecule has 0 radical (unpaired) electrons. The van der Waals surface area contributed by atoms with E-state index in [1.54, 1.807) is 48.7 Å². The van der Waals surface area contributed by atoms with Gasteiger partial charge in [-0.05, 0) is 17.7 Å². The second kappa shape index (κ2) is 8.45. The van der Waals surface area contributed by atoms with Gasteiger partial charge in [0.1, 0.15) is 11.2 Å². The highest BCUT2D eigenvalue weighted by Crippen LogP contribution is 2.27. The lowest BCUT2D eigenvalue weighted by molar-refractivity contribution is -0.137. The number of aromatic amines is 1. The number of primary amides is 1. The Bertz CT molecular complexity index is 1000. The highest BCUT2D eigenvalue weighted by Gasteiger charge is 2.28. The second-order valence-electron chi connectivity index (χ2n) is 5.92. The summed E-state index contributed by atoms with van der Waals surface area (Å²) in [5, 5.41) is 9.11. The highest BCUT2D eigenvalue weighted by atomic mass is 35.5. The molecule has 1 atom stereocenters. The van der Waals surface area contributed by atoms with Crippen molar-refractivity contribution in [2.24, 2.45) is 5.73 Å². The van der Waals surface area contributed by atoms with E-state index in [4.69, 9.17) is 17.3 Å². The molecule has 28 heavy (non-hydrogen) atoms. The first-order valence-electron chi connectivity index (χ1n) is 8.31. The lowest BCUT2D eigenvalue weighted by atomic mass is 10.0. The largest absolute Gasteiger partial charge is 0.363 e. The van der Waals surface area contributed by atoms with Crippen LogP contribution in [0.25, 0.3) is 11.3 Å². The molecule has 2 heterocycles. The van der Waals surface area contributed by atoms with Gasteiger partial charge < -0.3 is 11.1 Å². The lowest BCUT2D eigenvalue weighted by Crippen LogP contribution is -2.47. The molecule has 2 amide bonds. The summed E-state index contributed by atoms with van der Waals surface area (Å²) < 4.78 is 0. The molecule has 4 N–H and O–H groups in total. The van der Waals surface area contributed by atoms with Crippen LogP contribution >= 0.6 is 11.6 Å². The van der Waals surface area contributed by atoms with Crippen LogP contribution in [0.1, 0.15) is 16.1 Å². The fourth-order valence-corrected chi connectivity index (χ4v) is 2.92. The normalized spacial score (nSPS) is 11.6. The number of carbonyl (C=O) groups excluding carboxylic acids is 3. The summed E-state index contributed by atoms with van der Waals surface area (Å²) in [6, 6.07) is 12.9. The van der Waals surface area contributed by atoms with E-state index in [2.05, 4.69) is 20.5 Å². The maximum atomic E-state index is 12.8. The van der Waals surface area contributed by atoms with Crippen LogP contribution in [0.5, 0.6) is 0 Å². The molecule has 3 aromatic rings. The van der Waals surface area contributed by atoms with E-state index < -0.39 is 23.6 Å². The van der Waals surface area contributed by atoms with Crippen LogP contribution < -0.4 is 11.1 Å². The Balaban J connectivity index is 1.89. The minimum Gasteiger partial charge on any atom is -0.363 e. The summed E-state index contributed by atoms with van der Waals surface area (Å²) in [6.45, 7) is 0. The molecule has 8 nitrogen and oxygen atoms in total. The molecule has 3 rings (SSSR count). The third kappa shape index (κ3) is 4.24. The number of Topliss-reactive ketones (excluding diaryl/α,β-unsaturated/α-hetero) is 1. The molecule has 0 aliphatic carbocycles. The van der Waals surface area contributed by atoms with Crippen molar-refractivity contribution in [3.8, 4) is 11.3 Å². The minimum atomic E-state index is -1.14. The summed E-state index contributed by atoms with van der Waals surface area (Å²) in [4.78, 5) is 40.6. The Morgan fingerprint density at radius 2 is 1.82 bits per heavy atom. The number of carbonyl (C=O) groups is 3. The van der Waals surface area contributed by atoms with Gasteiger partial charge in [0, 0.05) is 12.6 Å². The quantitative estimate of drug-likeness (QED) is 0.520. The van der Waals surface area contributed by atoms with Crippen LogP contribution in [-0.2, 0) is 16.0 Å². The average molecular weight is 398 g/mol. The second-order valence-corrected chi connectivity index (χ2v) is 6.30. The standard InChI is InChI=1S/C19H16ClN5O3/c20-17-14(12-8-4-5-9-22-12)15(24-25-17)19(28)23-13(16(26)18(21)27)10-11-6-2-1-3-7-11/h1-9,13H,10H2,(H2,21,27)(H,23,28)(H,24,25). The summed E-state index contributed by atoms with van der Waals surface area (Å²) in [7, 11) is 0. The Kier molecular flexibility index (Phi) is 5.81. The Labute approximate surface area is 165 Å². The molecule has 0 saturated heterocycles. The van der Waals surface area contributed by atoms with Gasteiger partial charge in [-0.2, -0.15) is 5.10 Å². The molecule has 2 aromatic heterocycles. The monoisotopic (exact) mass is 397 g/mol. The number of nitrogens with zero attached hydrogens (tertiary/aromatic N) is 2. The first-order valence-corrected chi connectivity index (χ1v) is 8.69. The number of hydrogen-bond acceptors (Lipinski definition) is 5. The van der Waals surface area contributed by atoms with Gasteiger partial charge in [0.15, 0.2) is 5.69 Å². The smallest absolute Gasteiger partial charge is 0.287 e. The fraction of sp³-hybridized carbons (Fsp3) is 0.105. The van der Waals surface area contributed by atoms with Crippen molar-refractivity contribution in [3.63, 3.8) is 0 Å². The van der Waals surface area contributed by atoms with Crippen molar-refractivity contribution < 1.29 is 14.4 Å². The topological polar surface area (TPSA) is 131 Å². The number of amides is 2. The van der Waals surface area contributed by atoms with Crippen LogP contribution in [0.3, 0.4) is 0 Å². The molecule has 0 aliphatic heterocycles. The number of H-pyrrole nitrogens is 1. The molecule has 1 unspecified atom stereocenters. The number of rotatable bonds is 7. The van der Waals surface area contributed by atoms with Gasteiger partial charge in [-0.1, -0.05) is 48.0 Å². The van der Waals surface area contributed by atoms with E-state index >= 15 is 0 Å². The highest BCUT2D eigenvalue weighted by molar-refractivity contribution is 6.38. The van der Waals surface area contributed by atoms with Crippen molar-refractivity contribution in [2.45, 2.75) is 12.5 Å². The first kappa shape index (κ1) is 19.2. The number of aromatic nitrogens is 3. The molecule has 0 bridgehead atoms. The molecular formula is C19H16ClN5O3. The minimum absolute atomic E-state index is 0.0426. The predicted molar refractivity (Wildman–Crippen MR) is 102 cm³/mol. The number of halogens is 1. The third-order valence-electron chi connectivity index (χ3n) is 4.01. The van der Waals surface area contributed by atoms with Gasteiger partial charge in [-0.3, -0.25) is 24.5 Å². The summed E-state index contributed by atoms with van der Waals surface area (Å²) >= 11 is 6.12. The molecule has 0 saturated carbocycles. The van der Waals surface area contributed by atoms with Crippen molar-refractivity contribution in [1.82, 2.24) is 20.5 Å². The van der Waals surface area contributed by atoms with Crippen LogP contribution in [0.2, 0.25) is 5.15 Å². The van der Waals surface area contributed by atoms with Gasteiger partial charge in [0.2, 0.25) is 5.78 Å². The molecule has 9 heteroatoms. The van der Waals surface area contributed by atoms with Crippen molar-refractivity contribution in [2.75, 3.05) is 0 Å². The van der Waals surface area contributed by atoms with Gasteiger partial charge in [0.25, 0.3) is 11.8 Å². The van der Waals surface area contributed by atoms with Crippen molar-refractivity contribution >= 4 is 29.2 Å². The number of nitrogens with two attached hydrogens (primary N) is 1.